The van der Waals surface area contributed by atoms with Gasteiger partial charge in [0.05, 0.1) is 30.0 Å². The van der Waals surface area contributed by atoms with Crippen LogP contribution >= 0.6 is 11.3 Å². The van der Waals surface area contributed by atoms with E-state index in [1.54, 1.807) is 11.3 Å². The van der Waals surface area contributed by atoms with Crippen molar-refractivity contribution in [1.82, 2.24) is 9.88 Å². The van der Waals surface area contributed by atoms with Crippen LogP contribution in [0.3, 0.4) is 0 Å². The first-order valence-electron chi connectivity index (χ1n) is 8.66. The molecule has 29 heavy (non-hydrogen) atoms. The molecule has 1 aromatic carbocycles. The summed E-state index contributed by atoms with van der Waals surface area (Å²) in [6.07, 6.45) is -5.08. The predicted molar refractivity (Wildman–Crippen MR) is 97.1 cm³/mol. The fraction of sp³-hybridized carbons (Fsp3) is 0.444. The Bertz CT molecular complexity index is 858. The van der Waals surface area contributed by atoms with Crippen LogP contribution in [0.5, 0.6) is 11.5 Å². The lowest BCUT2D eigenvalue weighted by Crippen LogP contribution is -2.39. The van der Waals surface area contributed by atoms with Crippen molar-refractivity contribution in [1.29, 1.82) is 0 Å². The number of carboxylic acid groups (broad SMARTS) is 1. The summed E-state index contributed by atoms with van der Waals surface area (Å²) in [5.41, 5.74) is 2.34. The van der Waals surface area contributed by atoms with Crippen molar-refractivity contribution in [2.24, 2.45) is 0 Å². The van der Waals surface area contributed by atoms with Crippen molar-refractivity contribution >= 4 is 17.3 Å². The maximum Gasteiger partial charge on any atom is 0.490 e. The third-order valence-corrected chi connectivity index (χ3v) is 5.07. The highest BCUT2D eigenvalue weighted by Gasteiger charge is 2.38. The van der Waals surface area contributed by atoms with E-state index in [4.69, 9.17) is 24.1 Å². The van der Waals surface area contributed by atoms with Crippen LogP contribution in [-0.4, -0.2) is 53.7 Å². The molecule has 1 unspecified atom stereocenters. The first kappa shape index (κ1) is 21.3. The summed E-state index contributed by atoms with van der Waals surface area (Å²) >= 11 is 1.69. The van der Waals surface area contributed by atoms with Gasteiger partial charge in [-0.3, -0.25) is 4.90 Å². The summed E-state index contributed by atoms with van der Waals surface area (Å²) in [6, 6.07) is 6.39. The molecule has 1 fully saturated rings. The van der Waals surface area contributed by atoms with Gasteiger partial charge in [0.25, 0.3) is 0 Å². The van der Waals surface area contributed by atoms with E-state index in [0.717, 1.165) is 41.9 Å². The van der Waals surface area contributed by atoms with Gasteiger partial charge < -0.3 is 19.3 Å². The standard InChI is InChI=1S/C16H18N2O3S.C2HF3O2/c1-11-17-13(9-22-11)14-8-19-5-4-18(14)7-12-2-3-15-16(6-12)21-10-20-15;3-2(4,5)1(6)7/h2-3,6,9,14H,4-5,7-8,10H2,1H3;(H,6,7). The maximum absolute atomic E-state index is 10.6. The zero-order valence-electron chi connectivity index (χ0n) is 15.4. The van der Waals surface area contributed by atoms with Crippen LogP contribution in [0.15, 0.2) is 23.6 Å². The lowest BCUT2D eigenvalue weighted by Gasteiger charge is -2.34. The Labute approximate surface area is 168 Å². The van der Waals surface area contributed by atoms with Crippen molar-refractivity contribution < 1.29 is 37.3 Å². The smallest absolute Gasteiger partial charge is 0.475 e. The van der Waals surface area contributed by atoms with Crippen molar-refractivity contribution in [2.45, 2.75) is 25.7 Å². The third-order valence-electron chi connectivity index (χ3n) is 4.28. The summed E-state index contributed by atoms with van der Waals surface area (Å²) in [5.74, 6) is -1.09. The number of fused-ring (bicyclic) bond motifs is 1. The summed E-state index contributed by atoms with van der Waals surface area (Å²) in [6.45, 7) is 5.60. The minimum absolute atomic E-state index is 0.226. The molecule has 3 heterocycles. The first-order valence-corrected chi connectivity index (χ1v) is 9.54. The van der Waals surface area contributed by atoms with Gasteiger partial charge in [0.15, 0.2) is 11.5 Å². The van der Waals surface area contributed by atoms with Gasteiger partial charge in [-0.25, -0.2) is 9.78 Å². The third kappa shape index (κ3) is 5.58. The molecule has 1 atom stereocenters. The molecule has 1 aromatic heterocycles. The highest BCUT2D eigenvalue weighted by Crippen LogP contribution is 2.34. The average Bonchev–Trinajstić information content (AvgIpc) is 3.30. The van der Waals surface area contributed by atoms with Crippen molar-refractivity contribution in [3.63, 3.8) is 0 Å². The fourth-order valence-corrected chi connectivity index (χ4v) is 3.57. The van der Waals surface area contributed by atoms with E-state index in [2.05, 4.69) is 27.4 Å². The SMILES string of the molecule is Cc1nc(C2COCCN2Cc2ccc3c(c2)OCO3)cs1.O=C(O)C(F)(F)F. The number of thiazole rings is 1. The van der Waals surface area contributed by atoms with Crippen LogP contribution in [0.1, 0.15) is 22.3 Å². The number of carbonyl (C=O) groups is 1. The summed E-state index contributed by atoms with van der Waals surface area (Å²) < 4.78 is 48.2. The highest BCUT2D eigenvalue weighted by molar-refractivity contribution is 7.09. The Morgan fingerprint density at radius 3 is 2.72 bits per heavy atom. The molecular formula is C18H19F3N2O5S. The van der Waals surface area contributed by atoms with E-state index < -0.39 is 12.1 Å². The predicted octanol–water partition coefficient (Wildman–Crippen LogP) is 3.39. The molecule has 1 N–H and O–H groups in total. The van der Waals surface area contributed by atoms with Gasteiger partial charge in [0.2, 0.25) is 6.79 Å². The molecule has 11 heteroatoms. The van der Waals surface area contributed by atoms with Crippen LogP contribution < -0.4 is 9.47 Å². The number of alkyl halides is 3. The Morgan fingerprint density at radius 2 is 2.07 bits per heavy atom. The molecule has 0 aliphatic carbocycles. The number of morpholine rings is 1. The van der Waals surface area contributed by atoms with Crippen LogP contribution in [0.2, 0.25) is 0 Å². The zero-order chi connectivity index (χ0) is 21.0. The van der Waals surface area contributed by atoms with Gasteiger partial charge in [-0.15, -0.1) is 11.3 Å². The molecule has 0 saturated carbocycles. The highest BCUT2D eigenvalue weighted by atomic mass is 32.1. The van der Waals surface area contributed by atoms with Gasteiger partial charge in [-0.1, -0.05) is 6.07 Å². The van der Waals surface area contributed by atoms with Crippen LogP contribution in [0.25, 0.3) is 0 Å². The van der Waals surface area contributed by atoms with Crippen molar-refractivity contribution in [2.75, 3.05) is 26.6 Å². The average molecular weight is 432 g/mol. The molecule has 2 aliphatic heterocycles. The summed E-state index contributed by atoms with van der Waals surface area (Å²) in [5, 5.41) is 10.4. The second-order valence-corrected chi connectivity index (χ2v) is 7.41. The number of benzene rings is 1. The quantitative estimate of drug-likeness (QED) is 0.796. The number of nitrogens with zero attached hydrogens (tertiary/aromatic N) is 2. The normalized spacial score (nSPS) is 18.8. The van der Waals surface area contributed by atoms with Crippen LogP contribution in [0.4, 0.5) is 13.2 Å². The van der Waals surface area contributed by atoms with Crippen LogP contribution in [-0.2, 0) is 16.1 Å². The lowest BCUT2D eigenvalue weighted by atomic mass is 10.1. The van der Waals surface area contributed by atoms with Crippen LogP contribution in [0, 0.1) is 6.92 Å². The topological polar surface area (TPSA) is 81.1 Å². The number of halogens is 3. The number of carboxylic acids is 1. The van der Waals surface area contributed by atoms with Gasteiger partial charge in [-0.05, 0) is 24.6 Å². The molecule has 7 nitrogen and oxygen atoms in total. The number of rotatable bonds is 3. The molecule has 158 valence electrons. The number of aromatic nitrogens is 1. The number of hydrogen-bond acceptors (Lipinski definition) is 7. The molecule has 0 amide bonds. The Morgan fingerprint density at radius 1 is 1.34 bits per heavy atom. The second-order valence-electron chi connectivity index (χ2n) is 6.34. The number of hydrogen-bond donors (Lipinski definition) is 1. The van der Waals surface area contributed by atoms with E-state index in [1.807, 2.05) is 13.0 Å². The molecule has 0 radical (unpaired) electrons. The van der Waals surface area contributed by atoms with Crippen molar-refractivity contribution in [3.05, 3.63) is 39.8 Å². The largest absolute Gasteiger partial charge is 0.490 e. The summed E-state index contributed by atoms with van der Waals surface area (Å²) in [4.78, 5) is 16.0. The lowest BCUT2D eigenvalue weighted by molar-refractivity contribution is -0.192. The molecule has 2 aliphatic rings. The van der Waals surface area contributed by atoms with Gasteiger partial charge >= 0.3 is 12.1 Å². The van der Waals surface area contributed by atoms with E-state index in [1.165, 1.54) is 5.56 Å². The van der Waals surface area contributed by atoms with Crippen molar-refractivity contribution in [3.8, 4) is 11.5 Å². The first-order chi connectivity index (χ1) is 13.7. The van der Waals surface area contributed by atoms with E-state index in [9.17, 15) is 13.2 Å². The second kappa shape index (κ2) is 8.97. The van der Waals surface area contributed by atoms with E-state index in [-0.39, 0.29) is 6.04 Å². The molecule has 4 rings (SSSR count). The molecule has 0 bridgehead atoms. The Kier molecular flexibility index (Phi) is 6.60. The number of aliphatic carboxylic acids is 1. The number of aryl methyl sites for hydroxylation is 1. The summed E-state index contributed by atoms with van der Waals surface area (Å²) in [7, 11) is 0. The van der Waals surface area contributed by atoms with Gasteiger partial charge in [0, 0.05) is 18.5 Å². The molecular weight excluding hydrogens is 413 g/mol. The monoisotopic (exact) mass is 432 g/mol. The van der Waals surface area contributed by atoms with E-state index in [0.29, 0.717) is 13.4 Å². The van der Waals surface area contributed by atoms with Gasteiger partial charge in [0.1, 0.15) is 0 Å². The van der Waals surface area contributed by atoms with E-state index >= 15 is 0 Å². The van der Waals surface area contributed by atoms with Gasteiger partial charge in [-0.2, -0.15) is 13.2 Å². The fourth-order valence-electron chi connectivity index (χ4n) is 2.91. The molecule has 2 aromatic rings. The molecule has 1 saturated heterocycles. The Balaban J connectivity index is 0.000000298. The Hall–Kier alpha value is -2.37. The molecule has 0 spiro atoms. The minimum Gasteiger partial charge on any atom is -0.475 e. The number of ether oxygens (including phenoxy) is 3. The minimum atomic E-state index is -5.08. The maximum atomic E-state index is 10.6. The zero-order valence-corrected chi connectivity index (χ0v) is 16.3.